The second kappa shape index (κ2) is 5.73. The summed E-state index contributed by atoms with van der Waals surface area (Å²) in [6, 6.07) is 6.03. The van der Waals surface area contributed by atoms with Crippen LogP contribution >= 0.6 is 0 Å². The predicted molar refractivity (Wildman–Crippen MR) is 74.5 cm³/mol. The molecular formula is C14H17FN4O. The average Bonchev–Trinajstić information content (AvgIpc) is 2.81. The van der Waals surface area contributed by atoms with Crippen molar-refractivity contribution in [2.24, 2.45) is 0 Å². The second-order valence-electron chi connectivity index (χ2n) is 4.58. The molecule has 0 unspecified atom stereocenters. The first-order chi connectivity index (χ1) is 9.51. The molecule has 6 heteroatoms. The van der Waals surface area contributed by atoms with Crippen LogP contribution < -0.4 is 5.73 Å². The summed E-state index contributed by atoms with van der Waals surface area (Å²) in [6.45, 7) is 2.94. The van der Waals surface area contributed by atoms with Crippen LogP contribution in [0, 0.1) is 5.82 Å². The molecule has 0 atom stereocenters. The number of nitrogen functional groups attached to an aromatic ring is 1. The average molecular weight is 276 g/mol. The minimum Gasteiger partial charge on any atom is -0.396 e. The highest BCUT2D eigenvalue weighted by atomic mass is 19.1. The number of aromatic nitrogens is 2. The molecule has 1 aromatic carbocycles. The van der Waals surface area contributed by atoms with Crippen molar-refractivity contribution in [2.75, 3.05) is 12.8 Å². The van der Waals surface area contributed by atoms with Gasteiger partial charge in [-0.15, -0.1) is 0 Å². The molecule has 0 aliphatic carbocycles. The molecule has 2 aromatic rings. The number of hydrogen-bond donors (Lipinski definition) is 1. The largest absolute Gasteiger partial charge is 0.396 e. The zero-order valence-corrected chi connectivity index (χ0v) is 11.5. The fourth-order valence-corrected chi connectivity index (χ4v) is 1.88. The van der Waals surface area contributed by atoms with E-state index >= 15 is 0 Å². The maximum atomic E-state index is 12.8. The first-order valence-corrected chi connectivity index (χ1v) is 6.34. The van der Waals surface area contributed by atoms with Gasteiger partial charge in [-0.25, -0.2) is 4.39 Å². The maximum absolute atomic E-state index is 12.8. The van der Waals surface area contributed by atoms with E-state index in [4.69, 9.17) is 5.73 Å². The number of nitrogens with zero attached hydrogens (tertiary/aromatic N) is 3. The normalized spacial score (nSPS) is 10.6. The lowest BCUT2D eigenvalue weighted by Gasteiger charge is -2.16. The SMILES string of the molecule is CCn1cc(N)c(C(=O)N(C)Cc2ccc(F)cc2)n1. The van der Waals surface area contributed by atoms with Crippen molar-refractivity contribution in [1.82, 2.24) is 14.7 Å². The van der Waals surface area contributed by atoms with E-state index in [1.54, 1.807) is 30.1 Å². The van der Waals surface area contributed by atoms with Crippen LogP contribution in [0.2, 0.25) is 0 Å². The molecule has 5 nitrogen and oxygen atoms in total. The highest BCUT2D eigenvalue weighted by molar-refractivity contribution is 5.96. The van der Waals surface area contributed by atoms with Crippen molar-refractivity contribution in [3.05, 3.63) is 47.5 Å². The Bertz CT molecular complexity index is 606. The molecule has 0 saturated carbocycles. The lowest BCUT2D eigenvalue weighted by molar-refractivity contribution is 0.0779. The van der Waals surface area contributed by atoms with Gasteiger partial charge in [0.15, 0.2) is 5.69 Å². The number of rotatable bonds is 4. The van der Waals surface area contributed by atoms with Crippen molar-refractivity contribution in [1.29, 1.82) is 0 Å². The molecule has 2 rings (SSSR count). The van der Waals surface area contributed by atoms with Gasteiger partial charge in [0.2, 0.25) is 0 Å². The van der Waals surface area contributed by atoms with Crippen molar-refractivity contribution >= 4 is 11.6 Å². The summed E-state index contributed by atoms with van der Waals surface area (Å²) >= 11 is 0. The lowest BCUT2D eigenvalue weighted by Crippen LogP contribution is -2.27. The van der Waals surface area contributed by atoms with Crippen LogP contribution in [0.4, 0.5) is 10.1 Å². The van der Waals surface area contributed by atoms with Crippen LogP contribution in [0.15, 0.2) is 30.5 Å². The molecule has 0 bridgehead atoms. The van der Waals surface area contributed by atoms with Gasteiger partial charge in [-0.3, -0.25) is 9.48 Å². The van der Waals surface area contributed by atoms with Crippen LogP contribution in [0.3, 0.4) is 0 Å². The van der Waals surface area contributed by atoms with Crippen molar-refractivity contribution < 1.29 is 9.18 Å². The molecule has 0 aliphatic rings. The molecule has 1 heterocycles. The summed E-state index contributed by atoms with van der Waals surface area (Å²) in [6.07, 6.45) is 1.64. The summed E-state index contributed by atoms with van der Waals surface area (Å²) in [7, 11) is 1.66. The quantitative estimate of drug-likeness (QED) is 0.927. The maximum Gasteiger partial charge on any atom is 0.276 e. The smallest absolute Gasteiger partial charge is 0.276 e. The summed E-state index contributed by atoms with van der Waals surface area (Å²) in [5.74, 6) is -0.548. The Morgan fingerprint density at radius 3 is 2.60 bits per heavy atom. The van der Waals surface area contributed by atoms with Gasteiger partial charge in [0.05, 0.1) is 5.69 Å². The second-order valence-corrected chi connectivity index (χ2v) is 4.58. The Kier molecular flexibility index (Phi) is 4.02. The standard InChI is InChI=1S/C14H17FN4O/c1-3-19-9-12(16)13(17-19)14(20)18(2)8-10-4-6-11(15)7-5-10/h4-7,9H,3,8,16H2,1-2H3. The fourth-order valence-electron chi connectivity index (χ4n) is 1.88. The molecule has 0 fully saturated rings. The van der Waals surface area contributed by atoms with E-state index in [0.717, 1.165) is 5.56 Å². The number of carbonyl (C=O) groups is 1. The number of anilines is 1. The summed E-state index contributed by atoms with van der Waals surface area (Å²) in [5.41, 5.74) is 7.24. The van der Waals surface area contributed by atoms with Crippen LogP contribution in [0.25, 0.3) is 0 Å². The number of halogens is 1. The topological polar surface area (TPSA) is 64.2 Å². The fraction of sp³-hybridized carbons (Fsp3) is 0.286. The minimum atomic E-state index is -0.298. The molecule has 20 heavy (non-hydrogen) atoms. The third-order valence-electron chi connectivity index (χ3n) is 3.00. The van der Waals surface area contributed by atoms with E-state index in [9.17, 15) is 9.18 Å². The summed E-state index contributed by atoms with van der Waals surface area (Å²) < 4.78 is 14.5. The van der Waals surface area contributed by atoms with Gasteiger partial charge >= 0.3 is 0 Å². The molecule has 106 valence electrons. The molecule has 0 radical (unpaired) electrons. The van der Waals surface area contributed by atoms with Gasteiger partial charge in [-0.05, 0) is 24.6 Å². The van der Waals surface area contributed by atoms with E-state index in [0.29, 0.717) is 18.8 Å². The Morgan fingerprint density at radius 1 is 1.40 bits per heavy atom. The Morgan fingerprint density at radius 2 is 2.05 bits per heavy atom. The first kappa shape index (κ1) is 14.0. The van der Waals surface area contributed by atoms with Crippen LogP contribution in [0.1, 0.15) is 23.0 Å². The lowest BCUT2D eigenvalue weighted by atomic mass is 10.2. The zero-order valence-electron chi connectivity index (χ0n) is 11.5. The Hall–Kier alpha value is -2.37. The van der Waals surface area contributed by atoms with E-state index in [1.807, 2.05) is 6.92 Å². The van der Waals surface area contributed by atoms with Crippen LogP contribution in [-0.2, 0) is 13.1 Å². The third-order valence-corrected chi connectivity index (χ3v) is 3.00. The van der Waals surface area contributed by atoms with Gasteiger partial charge in [0.1, 0.15) is 5.82 Å². The van der Waals surface area contributed by atoms with E-state index in [2.05, 4.69) is 5.10 Å². The number of nitrogens with two attached hydrogens (primary N) is 1. The summed E-state index contributed by atoms with van der Waals surface area (Å²) in [4.78, 5) is 13.8. The molecular weight excluding hydrogens is 259 g/mol. The predicted octanol–water partition coefficient (Wildman–Crippen LogP) is 1.90. The number of carbonyl (C=O) groups excluding carboxylic acids is 1. The van der Waals surface area contributed by atoms with E-state index in [1.165, 1.54) is 17.0 Å². The molecule has 0 aliphatic heterocycles. The molecule has 2 N–H and O–H groups in total. The van der Waals surface area contributed by atoms with Gasteiger partial charge in [0.25, 0.3) is 5.91 Å². The van der Waals surface area contributed by atoms with Gasteiger partial charge in [0, 0.05) is 26.3 Å². The molecule has 0 saturated heterocycles. The van der Waals surface area contributed by atoms with E-state index < -0.39 is 0 Å². The Labute approximate surface area is 116 Å². The number of amides is 1. The molecule has 1 aromatic heterocycles. The highest BCUT2D eigenvalue weighted by Gasteiger charge is 2.18. The van der Waals surface area contributed by atoms with Gasteiger partial charge in [-0.1, -0.05) is 12.1 Å². The van der Waals surface area contributed by atoms with E-state index in [-0.39, 0.29) is 17.4 Å². The third kappa shape index (κ3) is 2.96. The van der Waals surface area contributed by atoms with Crippen molar-refractivity contribution in [2.45, 2.75) is 20.0 Å². The van der Waals surface area contributed by atoms with Gasteiger partial charge in [-0.2, -0.15) is 5.10 Å². The number of benzene rings is 1. The zero-order chi connectivity index (χ0) is 14.7. The van der Waals surface area contributed by atoms with Gasteiger partial charge < -0.3 is 10.6 Å². The monoisotopic (exact) mass is 276 g/mol. The number of aryl methyl sites for hydroxylation is 1. The first-order valence-electron chi connectivity index (χ1n) is 6.34. The summed E-state index contributed by atoms with van der Waals surface area (Å²) in [5, 5.41) is 4.15. The number of hydrogen-bond acceptors (Lipinski definition) is 3. The Balaban J connectivity index is 2.11. The van der Waals surface area contributed by atoms with Crippen molar-refractivity contribution in [3.63, 3.8) is 0 Å². The van der Waals surface area contributed by atoms with Crippen molar-refractivity contribution in [3.8, 4) is 0 Å². The van der Waals surface area contributed by atoms with Crippen LogP contribution in [0.5, 0.6) is 0 Å². The molecule has 1 amide bonds. The highest BCUT2D eigenvalue weighted by Crippen LogP contribution is 2.13. The van der Waals surface area contributed by atoms with Crippen LogP contribution in [-0.4, -0.2) is 27.6 Å². The minimum absolute atomic E-state index is 0.247. The molecule has 0 spiro atoms.